The summed E-state index contributed by atoms with van der Waals surface area (Å²) in [4.78, 5) is 15.5. The highest BCUT2D eigenvalue weighted by Gasteiger charge is 2.18. The molecule has 0 aliphatic carbocycles. The molecule has 172 valence electrons. The molecule has 0 aromatic heterocycles. The maximum atomic E-state index is 11.2. The summed E-state index contributed by atoms with van der Waals surface area (Å²) >= 11 is 0. The molecule has 3 N–H and O–H groups in total. The van der Waals surface area contributed by atoms with E-state index in [1.807, 2.05) is 18.2 Å². The number of rotatable bonds is 9. The highest BCUT2D eigenvalue weighted by molar-refractivity contribution is 5.88. The average molecular weight is 441 g/mol. The van der Waals surface area contributed by atoms with Crippen molar-refractivity contribution in [2.24, 2.45) is 4.99 Å². The Bertz CT molecular complexity index is 926. The Morgan fingerprint density at radius 1 is 1.22 bits per heavy atom. The standard InChI is InChI=1S/C24H32N4O4/c1-17-7-8-19(23(13-17)32-22-9-11-30-16-22)15-27-24(25-3)26-10-12-31-21-6-4-5-20(14-21)28-18(2)29/h4-8,13-14,22H,9-12,15-16H2,1-3H3,(H,28,29)(H2,25,26,27). The fourth-order valence-electron chi connectivity index (χ4n) is 3.31. The van der Waals surface area contributed by atoms with Crippen LogP contribution in [0.4, 0.5) is 5.69 Å². The van der Waals surface area contributed by atoms with Crippen molar-refractivity contribution in [2.45, 2.75) is 32.9 Å². The molecule has 1 amide bonds. The van der Waals surface area contributed by atoms with Crippen molar-refractivity contribution in [3.8, 4) is 11.5 Å². The number of carbonyl (C=O) groups excluding carboxylic acids is 1. The van der Waals surface area contributed by atoms with Gasteiger partial charge < -0.3 is 30.2 Å². The molecule has 8 nitrogen and oxygen atoms in total. The van der Waals surface area contributed by atoms with Crippen molar-refractivity contribution in [1.29, 1.82) is 0 Å². The molecule has 1 saturated heterocycles. The lowest BCUT2D eigenvalue weighted by Gasteiger charge is -2.18. The number of ether oxygens (including phenoxy) is 3. The first kappa shape index (κ1) is 23.4. The molecule has 1 atom stereocenters. The van der Waals surface area contributed by atoms with Gasteiger partial charge in [-0.05, 0) is 30.7 Å². The Hall–Kier alpha value is -3.26. The number of aliphatic imine (C=N–C) groups is 1. The minimum absolute atomic E-state index is 0.106. The van der Waals surface area contributed by atoms with Crippen LogP contribution in [0.1, 0.15) is 24.5 Å². The molecule has 1 fully saturated rings. The molecule has 1 aliphatic heterocycles. The van der Waals surface area contributed by atoms with Gasteiger partial charge in [0.15, 0.2) is 5.96 Å². The number of benzene rings is 2. The van der Waals surface area contributed by atoms with Gasteiger partial charge in [-0.1, -0.05) is 18.2 Å². The molecule has 0 saturated carbocycles. The lowest BCUT2D eigenvalue weighted by Crippen LogP contribution is -2.39. The summed E-state index contributed by atoms with van der Waals surface area (Å²) < 4.78 is 17.4. The van der Waals surface area contributed by atoms with Gasteiger partial charge in [-0.2, -0.15) is 0 Å². The number of hydrogen-bond donors (Lipinski definition) is 3. The second kappa shape index (κ2) is 12.0. The van der Waals surface area contributed by atoms with Crippen LogP contribution in [0.3, 0.4) is 0 Å². The predicted molar refractivity (Wildman–Crippen MR) is 125 cm³/mol. The zero-order valence-corrected chi connectivity index (χ0v) is 18.9. The molecule has 8 heteroatoms. The topological polar surface area (TPSA) is 93.2 Å². The van der Waals surface area contributed by atoms with Crippen LogP contribution in [0.15, 0.2) is 47.5 Å². The molecule has 2 aromatic carbocycles. The first-order valence-electron chi connectivity index (χ1n) is 10.8. The van der Waals surface area contributed by atoms with E-state index in [1.54, 1.807) is 13.1 Å². The second-order valence-corrected chi connectivity index (χ2v) is 7.62. The monoisotopic (exact) mass is 440 g/mol. The first-order valence-corrected chi connectivity index (χ1v) is 10.8. The minimum atomic E-state index is -0.114. The number of carbonyl (C=O) groups is 1. The van der Waals surface area contributed by atoms with E-state index in [4.69, 9.17) is 14.2 Å². The van der Waals surface area contributed by atoms with Gasteiger partial charge in [-0.25, -0.2) is 0 Å². The van der Waals surface area contributed by atoms with Crippen LogP contribution in [0.2, 0.25) is 0 Å². The Morgan fingerprint density at radius 3 is 2.84 bits per heavy atom. The molecule has 0 radical (unpaired) electrons. The van der Waals surface area contributed by atoms with Crippen LogP contribution in [-0.4, -0.2) is 51.4 Å². The molecule has 0 spiro atoms. The average Bonchev–Trinajstić information content (AvgIpc) is 3.27. The third-order valence-electron chi connectivity index (χ3n) is 4.89. The number of aryl methyl sites for hydroxylation is 1. The van der Waals surface area contributed by atoms with E-state index in [1.165, 1.54) is 6.92 Å². The van der Waals surface area contributed by atoms with E-state index in [0.29, 0.717) is 43.7 Å². The summed E-state index contributed by atoms with van der Waals surface area (Å²) in [6.07, 6.45) is 1.02. The van der Waals surface area contributed by atoms with Gasteiger partial charge in [0.05, 0.1) is 19.8 Å². The van der Waals surface area contributed by atoms with Crippen molar-refractivity contribution in [3.63, 3.8) is 0 Å². The number of guanidine groups is 1. The van der Waals surface area contributed by atoms with Gasteiger partial charge >= 0.3 is 0 Å². The number of nitrogens with zero attached hydrogens (tertiary/aromatic N) is 1. The molecular formula is C24H32N4O4. The minimum Gasteiger partial charge on any atom is -0.492 e. The quantitative estimate of drug-likeness (QED) is 0.315. The summed E-state index contributed by atoms with van der Waals surface area (Å²) in [6, 6.07) is 13.5. The van der Waals surface area contributed by atoms with Gasteiger partial charge in [0, 0.05) is 44.3 Å². The Labute approximate surface area is 189 Å². The maximum Gasteiger partial charge on any atom is 0.221 e. The summed E-state index contributed by atoms with van der Waals surface area (Å²) in [5.74, 6) is 2.14. The zero-order chi connectivity index (χ0) is 22.8. The summed E-state index contributed by atoms with van der Waals surface area (Å²) in [5, 5.41) is 9.31. The summed E-state index contributed by atoms with van der Waals surface area (Å²) in [5.41, 5.74) is 2.93. The number of nitrogens with one attached hydrogen (secondary N) is 3. The highest BCUT2D eigenvalue weighted by Crippen LogP contribution is 2.23. The zero-order valence-electron chi connectivity index (χ0n) is 18.9. The predicted octanol–water partition coefficient (Wildman–Crippen LogP) is 2.87. The van der Waals surface area contributed by atoms with Crippen LogP contribution < -0.4 is 25.4 Å². The SMILES string of the molecule is CN=C(NCCOc1cccc(NC(C)=O)c1)NCc1ccc(C)cc1OC1CCOC1. The van der Waals surface area contributed by atoms with Crippen molar-refractivity contribution >= 4 is 17.6 Å². The molecule has 1 aliphatic rings. The lowest BCUT2D eigenvalue weighted by atomic mass is 10.1. The van der Waals surface area contributed by atoms with Crippen LogP contribution in [0, 0.1) is 6.92 Å². The number of hydrogen-bond acceptors (Lipinski definition) is 5. The van der Waals surface area contributed by atoms with Crippen molar-refractivity contribution < 1.29 is 19.0 Å². The van der Waals surface area contributed by atoms with Crippen LogP contribution >= 0.6 is 0 Å². The van der Waals surface area contributed by atoms with Gasteiger partial charge in [-0.3, -0.25) is 9.79 Å². The van der Waals surface area contributed by atoms with E-state index >= 15 is 0 Å². The molecule has 1 heterocycles. The van der Waals surface area contributed by atoms with Crippen molar-refractivity contribution in [3.05, 3.63) is 53.6 Å². The third-order valence-corrected chi connectivity index (χ3v) is 4.89. The smallest absolute Gasteiger partial charge is 0.221 e. The van der Waals surface area contributed by atoms with E-state index in [2.05, 4.69) is 46.1 Å². The highest BCUT2D eigenvalue weighted by atomic mass is 16.5. The molecule has 3 rings (SSSR count). The fourth-order valence-corrected chi connectivity index (χ4v) is 3.31. The van der Waals surface area contributed by atoms with E-state index in [9.17, 15) is 4.79 Å². The molecule has 32 heavy (non-hydrogen) atoms. The third kappa shape index (κ3) is 7.46. The van der Waals surface area contributed by atoms with E-state index < -0.39 is 0 Å². The van der Waals surface area contributed by atoms with Gasteiger partial charge in [-0.15, -0.1) is 0 Å². The molecular weight excluding hydrogens is 408 g/mol. The largest absolute Gasteiger partial charge is 0.492 e. The fraction of sp³-hybridized carbons (Fsp3) is 0.417. The Morgan fingerprint density at radius 2 is 2.09 bits per heavy atom. The van der Waals surface area contributed by atoms with Crippen molar-refractivity contribution in [1.82, 2.24) is 10.6 Å². The van der Waals surface area contributed by atoms with E-state index in [-0.39, 0.29) is 12.0 Å². The molecule has 2 aromatic rings. The number of amides is 1. The first-order chi connectivity index (χ1) is 15.5. The summed E-state index contributed by atoms with van der Waals surface area (Å²) in [7, 11) is 1.73. The van der Waals surface area contributed by atoms with Crippen LogP contribution in [-0.2, 0) is 16.1 Å². The maximum absolute atomic E-state index is 11.2. The summed E-state index contributed by atoms with van der Waals surface area (Å²) in [6.45, 7) is 6.53. The Kier molecular flexibility index (Phi) is 8.74. The van der Waals surface area contributed by atoms with Crippen LogP contribution in [0.5, 0.6) is 11.5 Å². The van der Waals surface area contributed by atoms with Gasteiger partial charge in [0.2, 0.25) is 5.91 Å². The number of anilines is 1. The normalized spacial score (nSPS) is 15.8. The molecule has 1 unspecified atom stereocenters. The Balaban J connectivity index is 1.46. The second-order valence-electron chi connectivity index (χ2n) is 7.62. The van der Waals surface area contributed by atoms with E-state index in [0.717, 1.165) is 29.9 Å². The van der Waals surface area contributed by atoms with Gasteiger partial charge in [0.1, 0.15) is 24.2 Å². The van der Waals surface area contributed by atoms with Crippen molar-refractivity contribution in [2.75, 3.05) is 38.7 Å². The lowest BCUT2D eigenvalue weighted by molar-refractivity contribution is -0.114. The van der Waals surface area contributed by atoms with Crippen LogP contribution in [0.25, 0.3) is 0 Å². The molecule has 0 bridgehead atoms. The van der Waals surface area contributed by atoms with Gasteiger partial charge in [0.25, 0.3) is 0 Å².